The lowest BCUT2D eigenvalue weighted by atomic mass is 10.1. The molecule has 0 bridgehead atoms. The smallest absolute Gasteiger partial charge is 0.248 e. The minimum Gasteiger partial charge on any atom is -0.508 e. The van der Waals surface area contributed by atoms with Crippen LogP contribution in [0.4, 0.5) is 0 Å². The van der Waals surface area contributed by atoms with Crippen molar-refractivity contribution in [2.24, 2.45) is 5.16 Å². The van der Waals surface area contributed by atoms with Crippen LogP contribution in [0.15, 0.2) is 44.7 Å². The van der Waals surface area contributed by atoms with Crippen LogP contribution in [0.3, 0.4) is 0 Å². The maximum absolute atomic E-state index is 12.6. The third-order valence-electron chi connectivity index (χ3n) is 3.31. The van der Waals surface area contributed by atoms with Crippen LogP contribution in [-0.4, -0.2) is 27.1 Å². The largest absolute Gasteiger partial charge is 0.508 e. The number of hydrogen-bond acceptors (Lipinski definition) is 8. The Balaban J connectivity index is 2.41. The van der Waals surface area contributed by atoms with Crippen LogP contribution in [0.1, 0.15) is 0 Å². The zero-order valence-corrected chi connectivity index (χ0v) is 12.1. The monoisotopic (exact) mass is 329 g/mol. The summed E-state index contributed by atoms with van der Waals surface area (Å²) in [6.07, 6.45) is 0. The molecule has 0 amide bonds. The van der Waals surface area contributed by atoms with Crippen molar-refractivity contribution in [1.29, 1.82) is 0 Å². The van der Waals surface area contributed by atoms with Crippen molar-refractivity contribution < 1.29 is 29.7 Å². The van der Waals surface area contributed by atoms with E-state index in [-0.39, 0.29) is 39.5 Å². The van der Waals surface area contributed by atoms with Crippen molar-refractivity contribution in [3.05, 3.63) is 40.6 Å². The Hall–Kier alpha value is -3.68. The van der Waals surface area contributed by atoms with E-state index in [1.807, 2.05) is 0 Å². The first-order valence-electron chi connectivity index (χ1n) is 6.60. The number of hydrogen-bond donors (Lipinski definition) is 4. The highest BCUT2D eigenvalue weighted by Crippen LogP contribution is 2.38. The zero-order valence-electron chi connectivity index (χ0n) is 12.1. The molecule has 8 heteroatoms. The van der Waals surface area contributed by atoms with Crippen molar-refractivity contribution in [1.82, 2.24) is 0 Å². The van der Waals surface area contributed by atoms with Gasteiger partial charge in [0.25, 0.3) is 0 Å². The van der Waals surface area contributed by atoms with Gasteiger partial charge in [-0.05, 0) is 18.2 Å². The summed E-state index contributed by atoms with van der Waals surface area (Å²) in [4.78, 5) is 17.4. The lowest BCUT2D eigenvalue weighted by molar-refractivity contribution is 0.334. The number of phenolic OH excluding ortho intramolecular Hbond substituents is 4. The fraction of sp³-hybridized carbons (Fsp3) is 0. The molecule has 0 fully saturated rings. The lowest BCUT2D eigenvalue weighted by Crippen LogP contribution is -2.07. The maximum Gasteiger partial charge on any atom is 0.248 e. The van der Waals surface area contributed by atoms with E-state index in [2.05, 4.69) is 11.9 Å². The van der Waals surface area contributed by atoms with E-state index in [0.717, 1.165) is 18.2 Å². The summed E-state index contributed by atoms with van der Waals surface area (Å²) in [5.41, 5.74) is -0.647. The molecular formula is C16H11NO7. The van der Waals surface area contributed by atoms with Gasteiger partial charge in [-0.15, -0.1) is 0 Å². The molecule has 0 spiro atoms. The average Bonchev–Trinajstić information content (AvgIpc) is 2.52. The van der Waals surface area contributed by atoms with Crippen LogP contribution in [0.2, 0.25) is 0 Å². The van der Waals surface area contributed by atoms with Crippen molar-refractivity contribution in [2.75, 3.05) is 0 Å². The number of oxime groups is 1. The normalized spacial score (nSPS) is 10.7. The highest BCUT2D eigenvalue weighted by molar-refractivity contribution is 5.88. The van der Waals surface area contributed by atoms with Gasteiger partial charge in [-0.2, -0.15) is 0 Å². The molecule has 0 saturated carbocycles. The number of rotatable bonds is 3. The van der Waals surface area contributed by atoms with Gasteiger partial charge in [-0.1, -0.05) is 5.16 Å². The number of fused-ring (bicyclic) bond motifs is 1. The van der Waals surface area contributed by atoms with E-state index in [1.165, 1.54) is 12.1 Å². The minimum absolute atomic E-state index is 0.100. The van der Waals surface area contributed by atoms with E-state index < -0.39 is 16.9 Å². The van der Waals surface area contributed by atoms with Crippen molar-refractivity contribution >= 4 is 17.7 Å². The molecule has 0 radical (unpaired) electrons. The van der Waals surface area contributed by atoms with E-state index in [1.54, 1.807) is 0 Å². The third kappa shape index (κ3) is 2.35. The van der Waals surface area contributed by atoms with Gasteiger partial charge in [0, 0.05) is 24.4 Å². The van der Waals surface area contributed by atoms with Crippen LogP contribution in [-0.2, 0) is 0 Å². The molecule has 0 saturated heterocycles. The second-order valence-electron chi connectivity index (χ2n) is 4.85. The second-order valence-corrected chi connectivity index (χ2v) is 4.85. The third-order valence-corrected chi connectivity index (χ3v) is 3.31. The lowest BCUT2D eigenvalue weighted by Gasteiger charge is -2.10. The molecular weight excluding hydrogens is 318 g/mol. The molecule has 0 atom stereocenters. The van der Waals surface area contributed by atoms with Crippen LogP contribution in [0, 0.1) is 0 Å². The molecule has 122 valence electrons. The molecule has 0 unspecified atom stereocenters. The molecule has 0 aliphatic heterocycles. The summed E-state index contributed by atoms with van der Waals surface area (Å²) in [6.45, 7) is 3.14. The number of nitrogens with zero attached hydrogens (tertiary/aromatic N) is 1. The topological polar surface area (TPSA) is 133 Å². The molecule has 0 aliphatic rings. The van der Waals surface area contributed by atoms with E-state index in [9.17, 15) is 25.2 Å². The van der Waals surface area contributed by atoms with E-state index >= 15 is 0 Å². The molecule has 3 aromatic rings. The van der Waals surface area contributed by atoms with Crippen molar-refractivity contribution in [3.8, 4) is 40.1 Å². The molecule has 24 heavy (non-hydrogen) atoms. The number of benzene rings is 2. The summed E-state index contributed by atoms with van der Waals surface area (Å²) < 4.78 is 5.54. The summed E-state index contributed by atoms with van der Waals surface area (Å²) in [7, 11) is 0. The Morgan fingerprint density at radius 2 is 1.75 bits per heavy atom. The quantitative estimate of drug-likeness (QED) is 0.329. The summed E-state index contributed by atoms with van der Waals surface area (Å²) in [6, 6.07) is 5.84. The van der Waals surface area contributed by atoms with Crippen molar-refractivity contribution in [3.63, 3.8) is 0 Å². The Kier molecular flexibility index (Phi) is 3.49. The average molecular weight is 329 g/mol. The Bertz CT molecular complexity index is 1020. The van der Waals surface area contributed by atoms with Crippen LogP contribution < -0.4 is 10.3 Å². The fourth-order valence-electron chi connectivity index (χ4n) is 2.27. The predicted molar refractivity (Wildman–Crippen MR) is 84.8 cm³/mol. The Morgan fingerprint density at radius 3 is 2.42 bits per heavy atom. The molecule has 1 aromatic heterocycles. The van der Waals surface area contributed by atoms with Gasteiger partial charge in [-0.25, -0.2) is 0 Å². The molecule has 0 aliphatic carbocycles. The first-order chi connectivity index (χ1) is 11.4. The summed E-state index contributed by atoms with van der Waals surface area (Å²) in [5.74, 6) is -2.09. The van der Waals surface area contributed by atoms with Gasteiger partial charge >= 0.3 is 0 Å². The first kappa shape index (κ1) is 15.2. The van der Waals surface area contributed by atoms with Gasteiger partial charge in [0.1, 0.15) is 22.5 Å². The van der Waals surface area contributed by atoms with Gasteiger partial charge < -0.3 is 29.7 Å². The Labute approximate surface area is 134 Å². The standard InChI is InChI=1S/C16H11NO7/c1-17-24-16-14(22)13-11(21)5-8(18)6-12(13)23-15(16)7-2-3-9(19)10(20)4-7/h2-6,18-21H,1H2. The minimum atomic E-state index is -0.747. The fourth-order valence-corrected chi connectivity index (χ4v) is 2.27. The Morgan fingerprint density at radius 1 is 1.00 bits per heavy atom. The van der Waals surface area contributed by atoms with Crippen LogP contribution in [0.5, 0.6) is 28.7 Å². The molecule has 4 N–H and O–H groups in total. The van der Waals surface area contributed by atoms with Gasteiger partial charge in [-0.3, -0.25) is 4.79 Å². The van der Waals surface area contributed by atoms with Gasteiger partial charge in [0.2, 0.25) is 11.2 Å². The number of phenols is 4. The second kappa shape index (κ2) is 5.51. The highest BCUT2D eigenvalue weighted by Gasteiger charge is 2.21. The molecule has 1 heterocycles. The molecule has 8 nitrogen and oxygen atoms in total. The molecule has 2 aromatic carbocycles. The summed E-state index contributed by atoms with van der Waals surface area (Å²) >= 11 is 0. The zero-order chi connectivity index (χ0) is 17.4. The van der Waals surface area contributed by atoms with E-state index in [0.29, 0.717) is 0 Å². The highest BCUT2D eigenvalue weighted by atomic mass is 16.6. The van der Waals surface area contributed by atoms with Gasteiger partial charge in [0.15, 0.2) is 17.3 Å². The van der Waals surface area contributed by atoms with Crippen LogP contribution in [0.25, 0.3) is 22.3 Å². The molecule has 3 rings (SSSR count). The first-order valence-corrected chi connectivity index (χ1v) is 6.60. The van der Waals surface area contributed by atoms with Crippen LogP contribution >= 0.6 is 0 Å². The van der Waals surface area contributed by atoms with Crippen molar-refractivity contribution in [2.45, 2.75) is 0 Å². The van der Waals surface area contributed by atoms with Gasteiger partial charge in [0.05, 0.1) is 0 Å². The number of aromatic hydroxyl groups is 4. The SMILES string of the molecule is C=NOc1c(-c2ccc(O)c(O)c2)oc2cc(O)cc(O)c2c1=O. The predicted octanol–water partition coefficient (Wildman–Crippen LogP) is 2.28. The van der Waals surface area contributed by atoms with E-state index in [4.69, 9.17) is 9.25 Å². The summed E-state index contributed by atoms with van der Waals surface area (Å²) in [5, 5.41) is 41.4. The maximum atomic E-state index is 12.6.